The fourth-order valence-electron chi connectivity index (χ4n) is 1.39. The van der Waals surface area contributed by atoms with Gasteiger partial charge in [-0.1, -0.05) is 19.1 Å². The van der Waals surface area contributed by atoms with Gasteiger partial charge in [-0.05, 0) is 18.6 Å². The second-order valence-corrected chi connectivity index (χ2v) is 3.03. The van der Waals surface area contributed by atoms with E-state index in [0.717, 1.165) is 24.4 Å². The third-order valence-electron chi connectivity index (χ3n) is 2.16. The Morgan fingerprint density at radius 3 is 3.17 bits per heavy atom. The van der Waals surface area contributed by atoms with Crippen molar-refractivity contribution in [2.45, 2.75) is 19.4 Å². The van der Waals surface area contributed by atoms with Gasteiger partial charge in [-0.25, -0.2) is 0 Å². The lowest BCUT2D eigenvalue weighted by Crippen LogP contribution is -2.29. The van der Waals surface area contributed by atoms with E-state index in [-0.39, 0.29) is 0 Å². The van der Waals surface area contributed by atoms with Gasteiger partial charge in [0.2, 0.25) is 0 Å². The number of hydrogen-bond acceptors (Lipinski definition) is 2. The molecule has 1 aliphatic rings. The summed E-state index contributed by atoms with van der Waals surface area (Å²) in [5.41, 5.74) is 1.11. The minimum absolute atomic E-state index is 0.333. The van der Waals surface area contributed by atoms with Gasteiger partial charge >= 0.3 is 0 Å². The van der Waals surface area contributed by atoms with E-state index < -0.39 is 0 Å². The lowest BCUT2D eigenvalue weighted by atomic mass is 10.2. The Labute approximate surface area is 72.5 Å². The monoisotopic (exact) mass is 163 g/mol. The van der Waals surface area contributed by atoms with Crippen molar-refractivity contribution in [3.63, 3.8) is 0 Å². The molecule has 0 saturated heterocycles. The molecule has 1 aromatic carbocycles. The molecule has 12 heavy (non-hydrogen) atoms. The summed E-state index contributed by atoms with van der Waals surface area (Å²) in [4.78, 5) is 0. The number of para-hydroxylation sites is 2. The largest absolute Gasteiger partial charge is 0.486 e. The van der Waals surface area contributed by atoms with Crippen molar-refractivity contribution >= 4 is 5.69 Å². The number of benzene rings is 1. The van der Waals surface area contributed by atoms with E-state index in [1.807, 2.05) is 24.3 Å². The first-order valence-electron chi connectivity index (χ1n) is 4.39. The predicted molar refractivity (Wildman–Crippen MR) is 49.6 cm³/mol. The minimum Gasteiger partial charge on any atom is -0.486 e. The van der Waals surface area contributed by atoms with Gasteiger partial charge in [-0.3, -0.25) is 0 Å². The highest BCUT2D eigenvalue weighted by Crippen LogP contribution is 2.28. The van der Waals surface area contributed by atoms with E-state index in [9.17, 15) is 0 Å². The average Bonchev–Trinajstić information content (AvgIpc) is 2.17. The molecule has 0 aromatic heterocycles. The molecule has 0 fully saturated rings. The second kappa shape index (κ2) is 3.05. The maximum absolute atomic E-state index is 5.72. The van der Waals surface area contributed by atoms with E-state index in [1.165, 1.54) is 0 Å². The number of anilines is 1. The van der Waals surface area contributed by atoms with Crippen molar-refractivity contribution in [2.75, 3.05) is 11.9 Å². The van der Waals surface area contributed by atoms with Crippen molar-refractivity contribution in [3.05, 3.63) is 24.3 Å². The fourth-order valence-corrected chi connectivity index (χ4v) is 1.39. The van der Waals surface area contributed by atoms with E-state index in [2.05, 4.69) is 12.2 Å². The molecule has 1 atom stereocenters. The zero-order chi connectivity index (χ0) is 8.39. The van der Waals surface area contributed by atoms with Crippen molar-refractivity contribution in [1.29, 1.82) is 0 Å². The van der Waals surface area contributed by atoms with Crippen LogP contribution in [0.2, 0.25) is 0 Å². The van der Waals surface area contributed by atoms with Gasteiger partial charge < -0.3 is 10.1 Å². The zero-order valence-corrected chi connectivity index (χ0v) is 7.21. The number of hydrogen-bond donors (Lipinski definition) is 1. The first-order valence-corrected chi connectivity index (χ1v) is 4.39. The summed E-state index contributed by atoms with van der Waals surface area (Å²) in [5.74, 6) is 0.982. The Kier molecular flexibility index (Phi) is 1.90. The summed E-state index contributed by atoms with van der Waals surface area (Å²) in [6.45, 7) is 3.06. The summed E-state index contributed by atoms with van der Waals surface area (Å²) in [5, 5.41) is 3.34. The summed E-state index contributed by atoms with van der Waals surface area (Å²) in [7, 11) is 0. The van der Waals surface area contributed by atoms with Crippen LogP contribution in [-0.2, 0) is 0 Å². The maximum atomic E-state index is 5.72. The van der Waals surface area contributed by atoms with Crippen LogP contribution in [0.15, 0.2) is 24.3 Å². The van der Waals surface area contributed by atoms with Gasteiger partial charge in [0, 0.05) is 0 Å². The third-order valence-corrected chi connectivity index (χ3v) is 2.16. The topological polar surface area (TPSA) is 21.3 Å². The van der Waals surface area contributed by atoms with Crippen LogP contribution in [0.4, 0.5) is 5.69 Å². The maximum Gasteiger partial charge on any atom is 0.142 e. The Bertz CT molecular complexity index is 272. The van der Waals surface area contributed by atoms with Crippen molar-refractivity contribution in [2.24, 2.45) is 0 Å². The number of rotatable bonds is 1. The standard InChI is InChI=1S/C10H13NO/c1-2-8-7-11-9-5-3-4-6-10(9)12-8/h3-6,8,11H,2,7H2,1H3/t8-/m1/s1. The van der Waals surface area contributed by atoms with Crippen LogP contribution < -0.4 is 10.1 Å². The number of fused-ring (bicyclic) bond motifs is 1. The second-order valence-electron chi connectivity index (χ2n) is 3.03. The number of ether oxygens (including phenoxy) is 1. The summed E-state index contributed by atoms with van der Waals surface area (Å²) in [6, 6.07) is 8.06. The molecule has 1 N–H and O–H groups in total. The van der Waals surface area contributed by atoms with E-state index >= 15 is 0 Å². The van der Waals surface area contributed by atoms with Crippen LogP contribution in [0.25, 0.3) is 0 Å². The molecule has 0 spiro atoms. The highest BCUT2D eigenvalue weighted by atomic mass is 16.5. The van der Waals surface area contributed by atoms with Crippen LogP contribution in [0.3, 0.4) is 0 Å². The normalized spacial score (nSPS) is 20.6. The molecule has 0 radical (unpaired) electrons. The molecule has 2 nitrogen and oxygen atoms in total. The molecule has 2 heteroatoms. The Hall–Kier alpha value is -1.18. The quantitative estimate of drug-likeness (QED) is 0.685. The van der Waals surface area contributed by atoms with Crippen LogP contribution >= 0.6 is 0 Å². The average molecular weight is 163 g/mol. The molecule has 1 aliphatic heterocycles. The van der Waals surface area contributed by atoms with Crippen molar-refractivity contribution in [3.8, 4) is 5.75 Å². The van der Waals surface area contributed by atoms with E-state index in [0.29, 0.717) is 6.10 Å². The molecule has 1 aromatic rings. The van der Waals surface area contributed by atoms with Gasteiger partial charge in [0.25, 0.3) is 0 Å². The van der Waals surface area contributed by atoms with Gasteiger partial charge in [0.1, 0.15) is 11.9 Å². The molecular weight excluding hydrogens is 150 g/mol. The van der Waals surface area contributed by atoms with Crippen molar-refractivity contribution < 1.29 is 4.74 Å². The lowest BCUT2D eigenvalue weighted by Gasteiger charge is -2.26. The smallest absolute Gasteiger partial charge is 0.142 e. The Morgan fingerprint density at radius 2 is 2.33 bits per heavy atom. The van der Waals surface area contributed by atoms with Crippen LogP contribution in [-0.4, -0.2) is 12.6 Å². The highest BCUT2D eigenvalue weighted by Gasteiger charge is 2.15. The minimum atomic E-state index is 0.333. The molecule has 0 bridgehead atoms. The summed E-state index contributed by atoms with van der Waals surface area (Å²) < 4.78 is 5.72. The van der Waals surface area contributed by atoms with Gasteiger partial charge in [0.05, 0.1) is 12.2 Å². The molecular formula is C10H13NO. The van der Waals surface area contributed by atoms with Gasteiger partial charge in [-0.2, -0.15) is 0 Å². The summed E-state index contributed by atoms with van der Waals surface area (Å²) >= 11 is 0. The Balaban J connectivity index is 2.23. The van der Waals surface area contributed by atoms with E-state index in [1.54, 1.807) is 0 Å². The Morgan fingerprint density at radius 1 is 1.50 bits per heavy atom. The van der Waals surface area contributed by atoms with Crippen molar-refractivity contribution in [1.82, 2.24) is 0 Å². The van der Waals surface area contributed by atoms with Crippen LogP contribution in [0.1, 0.15) is 13.3 Å². The van der Waals surface area contributed by atoms with Crippen LogP contribution in [0, 0.1) is 0 Å². The van der Waals surface area contributed by atoms with Gasteiger partial charge in [0.15, 0.2) is 0 Å². The molecule has 0 aliphatic carbocycles. The first kappa shape index (κ1) is 7.47. The first-order chi connectivity index (χ1) is 5.90. The number of nitrogens with one attached hydrogen (secondary N) is 1. The highest BCUT2D eigenvalue weighted by molar-refractivity contribution is 5.57. The zero-order valence-electron chi connectivity index (χ0n) is 7.21. The summed E-state index contributed by atoms with van der Waals surface area (Å²) in [6.07, 6.45) is 1.39. The fraction of sp³-hybridized carbons (Fsp3) is 0.400. The molecule has 0 amide bonds. The molecule has 0 unspecified atom stereocenters. The van der Waals surface area contributed by atoms with Crippen LogP contribution in [0.5, 0.6) is 5.75 Å². The van der Waals surface area contributed by atoms with E-state index in [4.69, 9.17) is 4.74 Å². The molecule has 2 rings (SSSR count). The molecule has 0 saturated carbocycles. The molecule has 64 valence electrons. The third kappa shape index (κ3) is 1.24. The predicted octanol–water partition coefficient (Wildman–Crippen LogP) is 2.27. The molecule has 1 heterocycles. The lowest BCUT2D eigenvalue weighted by molar-refractivity contribution is 0.202. The van der Waals surface area contributed by atoms with Gasteiger partial charge in [-0.15, -0.1) is 0 Å². The SMILES string of the molecule is CC[C@@H]1CNc2ccccc2O1.